The summed E-state index contributed by atoms with van der Waals surface area (Å²) in [5.41, 5.74) is 3.02. The molecule has 0 aliphatic heterocycles. The van der Waals surface area contributed by atoms with E-state index in [2.05, 4.69) is 20.4 Å². The highest BCUT2D eigenvalue weighted by Crippen LogP contribution is 2.26. The van der Waals surface area contributed by atoms with Crippen molar-refractivity contribution < 1.29 is 5.11 Å². The van der Waals surface area contributed by atoms with Crippen LogP contribution in [0.4, 0.5) is 5.69 Å². The van der Waals surface area contributed by atoms with Crippen molar-refractivity contribution in [3.63, 3.8) is 0 Å². The van der Waals surface area contributed by atoms with Gasteiger partial charge in [-0.25, -0.2) is 0 Å². The third kappa shape index (κ3) is 2.09. The fourth-order valence-corrected chi connectivity index (χ4v) is 2.47. The van der Waals surface area contributed by atoms with Crippen molar-refractivity contribution in [1.29, 1.82) is 0 Å². The van der Waals surface area contributed by atoms with Crippen LogP contribution >= 0.6 is 0 Å². The van der Waals surface area contributed by atoms with Crippen molar-refractivity contribution >= 4 is 33.7 Å². The molecular formula is C17H12N4O. The molecule has 4 rings (SSSR count). The van der Waals surface area contributed by atoms with E-state index in [9.17, 15) is 5.11 Å². The Kier molecular flexibility index (Phi) is 2.83. The average Bonchev–Trinajstić information content (AvgIpc) is 3.01. The monoisotopic (exact) mass is 288 g/mol. The second kappa shape index (κ2) is 4.96. The van der Waals surface area contributed by atoms with Crippen molar-refractivity contribution in [3.05, 3.63) is 60.2 Å². The minimum absolute atomic E-state index is 0.213. The van der Waals surface area contributed by atoms with E-state index in [0.717, 1.165) is 27.5 Å². The summed E-state index contributed by atoms with van der Waals surface area (Å²) in [6.07, 6.45) is 1.68. The first-order chi connectivity index (χ1) is 10.8. The van der Waals surface area contributed by atoms with E-state index >= 15 is 0 Å². The standard InChI is InChI=1S/C17H12N4O/c22-17-8-5-11-3-1-2-4-13(11)14(17)10-18-12-6-7-15-16(9-12)20-21-19-15/h1-10,22H,(H,19,20,21). The van der Waals surface area contributed by atoms with Gasteiger partial charge in [0.2, 0.25) is 0 Å². The molecule has 0 amide bonds. The number of fused-ring (bicyclic) bond motifs is 2. The predicted octanol–water partition coefficient (Wildman–Crippen LogP) is 3.57. The van der Waals surface area contributed by atoms with Crippen molar-refractivity contribution in [3.8, 4) is 5.75 Å². The molecule has 106 valence electrons. The Morgan fingerprint density at radius 3 is 2.77 bits per heavy atom. The summed E-state index contributed by atoms with van der Waals surface area (Å²) in [6.45, 7) is 0. The van der Waals surface area contributed by atoms with Crippen molar-refractivity contribution in [2.75, 3.05) is 0 Å². The van der Waals surface area contributed by atoms with Gasteiger partial charge in [-0.15, -0.1) is 0 Å². The van der Waals surface area contributed by atoms with Gasteiger partial charge < -0.3 is 5.11 Å². The van der Waals surface area contributed by atoms with E-state index in [0.29, 0.717) is 5.56 Å². The first-order valence-electron chi connectivity index (χ1n) is 6.86. The number of H-pyrrole nitrogens is 1. The Balaban J connectivity index is 1.80. The Bertz CT molecular complexity index is 1000. The summed E-state index contributed by atoms with van der Waals surface area (Å²) in [5.74, 6) is 0.213. The number of rotatable bonds is 2. The fraction of sp³-hybridized carbons (Fsp3) is 0. The summed E-state index contributed by atoms with van der Waals surface area (Å²) in [4.78, 5) is 4.45. The quantitative estimate of drug-likeness (QED) is 0.554. The molecule has 4 aromatic rings. The zero-order valence-corrected chi connectivity index (χ0v) is 11.6. The third-order valence-electron chi connectivity index (χ3n) is 3.59. The predicted molar refractivity (Wildman–Crippen MR) is 86.8 cm³/mol. The lowest BCUT2D eigenvalue weighted by Gasteiger charge is -2.04. The van der Waals surface area contributed by atoms with E-state index in [4.69, 9.17) is 0 Å². The van der Waals surface area contributed by atoms with Gasteiger partial charge in [0.05, 0.1) is 5.69 Å². The molecule has 0 unspecified atom stereocenters. The molecule has 5 heteroatoms. The number of nitrogens with one attached hydrogen (secondary N) is 1. The molecule has 3 aromatic carbocycles. The number of hydrogen-bond acceptors (Lipinski definition) is 4. The summed E-state index contributed by atoms with van der Waals surface area (Å²) in [6, 6.07) is 17.0. The molecule has 5 nitrogen and oxygen atoms in total. The van der Waals surface area contributed by atoms with Crippen LogP contribution in [-0.4, -0.2) is 26.7 Å². The molecule has 22 heavy (non-hydrogen) atoms. The average molecular weight is 288 g/mol. The van der Waals surface area contributed by atoms with Gasteiger partial charge in [0.1, 0.15) is 16.8 Å². The first-order valence-corrected chi connectivity index (χ1v) is 6.86. The number of phenolic OH excluding ortho intramolecular Hbond substituents is 1. The number of aliphatic imine (C=N–C) groups is 1. The molecule has 0 spiro atoms. The normalized spacial score (nSPS) is 11.6. The Labute approximate surface area is 125 Å². The molecule has 0 bridgehead atoms. The second-order valence-corrected chi connectivity index (χ2v) is 4.97. The van der Waals surface area contributed by atoms with E-state index in [-0.39, 0.29) is 5.75 Å². The highest BCUT2D eigenvalue weighted by atomic mass is 16.3. The van der Waals surface area contributed by atoms with E-state index in [1.807, 2.05) is 48.5 Å². The molecular weight excluding hydrogens is 276 g/mol. The molecule has 0 atom stereocenters. The van der Waals surface area contributed by atoms with Gasteiger partial charge in [0.15, 0.2) is 0 Å². The maximum atomic E-state index is 10.1. The Hall–Kier alpha value is -3.21. The minimum atomic E-state index is 0.213. The highest BCUT2D eigenvalue weighted by Gasteiger charge is 2.04. The number of aromatic nitrogens is 3. The van der Waals surface area contributed by atoms with Gasteiger partial charge in [-0.3, -0.25) is 4.99 Å². The molecule has 0 saturated heterocycles. The van der Waals surface area contributed by atoms with Gasteiger partial charge in [0.25, 0.3) is 0 Å². The van der Waals surface area contributed by atoms with Crippen molar-refractivity contribution in [1.82, 2.24) is 15.4 Å². The van der Waals surface area contributed by atoms with Gasteiger partial charge >= 0.3 is 0 Å². The minimum Gasteiger partial charge on any atom is -0.507 e. The zero-order chi connectivity index (χ0) is 14.9. The van der Waals surface area contributed by atoms with Crippen molar-refractivity contribution in [2.45, 2.75) is 0 Å². The number of phenols is 1. The molecule has 2 N–H and O–H groups in total. The second-order valence-electron chi connectivity index (χ2n) is 4.97. The number of hydrogen-bond donors (Lipinski definition) is 2. The SMILES string of the molecule is Oc1ccc2ccccc2c1C=Nc1ccc2n[nH]nc2c1. The lowest BCUT2D eigenvalue weighted by Crippen LogP contribution is -1.85. The molecule has 0 aliphatic rings. The van der Waals surface area contributed by atoms with Crippen LogP contribution in [0.3, 0.4) is 0 Å². The Morgan fingerprint density at radius 2 is 1.82 bits per heavy atom. The van der Waals surface area contributed by atoms with E-state index < -0.39 is 0 Å². The number of benzene rings is 3. The number of nitrogens with zero attached hydrogens (tertiary/aromatic N) is 3. The summed E-state index contributed by atoms with van der Waals surface area (Å²) >= 11 is 0. The maximum absolute atomic E-state index is 10.1. The summed E-state index contributed by atoms with van der Waals surface area (Å²) < 4.78 is 0. The van der Waals surface area contributed by atoms with Crippen molar-refractivity contribution in [2.24, 2.45) is 4.99 Å². The molecule has 1 heterocycles. The van der Waals surface area contributed by atoms with E-state index in [1.54, 1.807) is 12.3 Å². The van der Waals surface area contributed by atoms with E-state index in [1.165, 1.54) is 0 Å². The van der Waals surface area contributed by atoms with Crippen LogP contribution in [0, 0.1) is 0 Å². The zero-order valence-electron chi connectivity index (χ0n) is 11.6. The van der Waals surface area contributed by atoms with Gasteiger partial charge in [0, 0.05) is 11.8 Å². The fourth-order valence-electron chi connectivity index (χ4n) is 2.47. The molecule has 0 saturated carbocycles. The lowest BCUT2D eigenvalue weighted by atomic mass is 10.0. The molecule has 1 aromatic heterocycles. The smallest absolute Gasteiger partial charge is 0.124 e. The van der Waals surface area contributed by atoms with Crippen LogP contribution < -0.4 is 0 Å². The van der Waals surface area contributed by atoms with Gasteiger partial charge in [-0.05, 0) is 35.0 Å². The summed E-state index contributed by atoms with van der Waals surface area (Å²) in [5, 5.41) is 22.8. The Morgan fingerprint density at radius 1 is 0.955 bits per heavy atom. The van der Waals surface area contributed by atoms with Crippen LogP contribution in [0.25, 0.3) is 21.8 Å². The number of aromatic hydroxyl groups is 1. The van der Waals surface area contributed by atoms with Crippen LogP contribution in [0.1, 0.15) is 5.56 Å². The van der Waals surface area contributed by atoms with Gasteiger partial charge in [-0.1, -0.05) is 30.3 Å². The van der Waals surface area contributed by atoms with Crippen LogP contribution in [0.2, 0.25) is 0 Å². The summed E-state index contributed by atoms with van der Waals surface area (Å²) in [7, 11) is 0. The lowest BCUT2D eigenvalue weighted by molar-refractivity contribution is 0.475. The topological polar surface area (TPSA) is 74.2 Å². The van der Waals surface area contributed by atoms with Gasteiger partial charge in [-0.2, -0.15) is 15.4 Å². The third-order valence-corrected chi connectivity index (χ3v) is 3.59. The number of aromatic amines is 1. The van der Waals surface area contributed by atoms with Crippen LogP contribution in [0.15, 0.2) is 59.6 Å². The molecule has 0 aliphatic carbocycles. The molecule has 0 radical (unpaired) electrons. The maximum Gasteiger partial charge on any atom is 0.124 e. The van der Waals surface area contributed by atoms with Crippen LogP contribution in [-0.2, 0) is 0 Å². The first kappa shape index (κ1) is 12.5. The largest absolute Gasteiger partial charge is 0.507 e. The molecule has 0 fully saturated rings. The highest BCUT2D eigenvalue weighted by molar-refractivity contribution is 6.03. The van der Waals surface area contributed by atoms with Crippen LogP contribution in [0.5, 0.6) is 5.75 Å².